The average Bonchev–Trinajstić information content (AvgIpc) is 2.52. The highest BCUT2D eigenvalue weighted by atomic mass is 19.1. The van der Waals surface area contributed by atoms with Crippen LogP contribution in [0.2, 0.25) is 0 Å². The summed E-state index contributed by atoms with van der Waals surface area (Å²) in [6, 6.07) is 13.7. The maximum absolute atomic E-state index is 12.7. The molecule has 1 amide bonds. The highest BCUT2D eigenvalue weighted by Crippen LogP contribution is 2.04. The lowest BCUT2D eigenvalue weighted by atomic mass is 10.1. The van der Waals surface area contributed by atoms with Crippen LogP contribution in [0.15, 0.2) is 53.7 Å². The maximum atomic E-state index is 12.7. The molecule has 0 atom stereocenters. The smallest absolute Gasteiger partial charge is 0.261 e. The number of nitrogens with zero attached hydrogens (tertiary/aromatic N) is 1. The van der Waals surface area contributed by atoms with Gasteiger partial charge in [-0.15, -0.1) is 0 Å². The first kappa shape index (κ1) is 15.7. The van der Waals surface area contributed by atoms with Crippen molar-refractivity contribution < 1.29 is 14.0 Å². The summed E-state index contributed by atoms with van der Waals surface area (Å²) in [4.78, 5) is 16.5. The van der Waals surface area contributed by atoms with Gasteiger partial charge in [-0.3, -0.25) is 4.79 Å². The van der Waals surface area contributed by atoms with Crippen molar-refractivity contribution in [3.63, 3.8) is 0 Å². The molecule has 0 saturated carbocycles. The third-order valence-electron chi connectivity index (χ3n) is 3.05. The monoisotopic (exact) mass is 300 g/mol. The molecule has 5 heteroatoms. The fourth-order valence-electron chi connectivity index (χ4n) is 1.78. The molecule has 4 nitrogen and oxygen atoms in total. The van der Waals surface area contributed by atoms with Gasteiger partial charge >= 0.3 is 0 Å². The second-order valence-corrected chi connectivity index (χ2v) is 4.77. The van der Waals surface area contributed by atoms with Gasteiger partial charge in [0.2, 0.25) is 0 Å². The predicted octanol–water partition coefficient (Wildman–Crippen LogP) is 2.80. The lowest BCUT2D eigenvalue weighted by Gasteiger charge is -2.04. The van der Waals surface area contributed by atoms with Crippen molar-refractivity contribution in [3.8, 4) is 0 Å². The highest BCUT2D eigenvalue weighted by Gasteiger charge is 2.01. The van der Waals surface area contributed by atoms with Gasteiger partial charge in [0.1, 0.15) is 5.82 Å². The Kier molecular flexibility index (Phi) is 5.65. The Bertz CT molecular complexity index is 654. The van der Waals surface area contributed by atoms with E-state index in [9.17, 15) is 9.18 Å². The molecule has 22 heavy (non-hydrogen) atoms. The summed E-state index contributed by atoms with van der Waals surface area (Å²) in [5.41, 5.74) is 2.84. The molecule has 0 unspecified atom stereocenters. The minimum absolute atomic E-state index is 0.163. The number of oxime groups is 1. The van der Waals surface area contributed by atoms with E-state index in [1.165, 1.54) is 12.1 Å². The first-order valence-corrected chi connectivity index (χ1v) is 6.87. The number of benzene rings is 2. The summed E-state index contributed by atoms with van der Waals surface area (Å²) < 4.78 is 12.7. The van der Waals surface area contributed by atoms with Crippen molar-refractivity contribution in [2.24, 2.45) is 5.16 Å². The van der Waals surface area contributed by atoms with Crippen molar-refractivity contribution in [2.45, 2.75) is 13.5 Å². The van der Waals surface area contributed by atoms with Crippen LogP contribution in [-0.4, -0.2) is 18.7 Å². The standard InChI is InChI=1S/C17H17FN2O2/c1-13-4-2-3-5-15(13)11-20-22-12-17(21)19-10-14-6-8-16(18)9-7-14/h2-9,11H,10,12H2,1H3,(H,19,21)/b20-11-. The van der Waals surface area contributed by atoms with Crippen LogP contribution in [0.3, 0.4) is 0 Å². The Morgan fingerprint density at radius 2 is 1.95 bits per heavy atom. The van der Waals surface area contributed by atoms with Crippen molar-refractivity contribution in [1.82, 2.24) is 5.32 Å². The topological polar surface area (TPSA) is 50.7 Å². The van der Waals surface area contributed by atoms with Crippen molar-refractivity contribution >= 4 is 12.1 Å². The molecule has 0 spiro atoms. The molecule has 0 heterocycles. The van der Waals surface area contributed by atoms with Crippen LogP contribution in [-0.2, 0) is 16.2 Å². The average molecular weight is 300 g/mol. The summed E-state index contributed by atoms with van der Waals surface area (Å²) in [5.74, 6) is -0.588. The van der Waals surface area contributed by atoms with Gasteiger partial charge in [0.05, 0.1) is 6.21 Å². The molecule has 0 radical (unpaired) electrons. The summed E-state index contributed by atoms with van der Waals surface area (Å²) in [6.07, 6.45) is 1.57. The van der Waals surface area contributed by atoms with E-state index in [1.54, 1.807) is 18.3 Å². The first-order chi connectivity index (χ1) is 10.6. The largest absolute Gasteiger partial charge is 0.386 e. The Morgan fingerprint density at radius 3 is 2.68 bits per heavy atom. The minimum Gasteiger partial charge on any atom is -0.386 e. The molecule has 114 valence electrons. The van der Waals surface area contributed by atoms with E-state index >= 15 is 0 Å². The lowest BCUT2D eigenvalue weighted by Crippen LogP contribution is -2.26. The van der Waals surface area contributed by atoms with Crippen LogP contribution < -0.4 is 5.32 Å². The Balaban J connectivity index is 1.72. The molecular formula is C17H17FN2O2. The highest BCUT2D eigenvalue weighted by molar-refractivity contribution is 5.81. The van der Waals surface area contributed by atoms with E-state index in [1.807, 2.05) is 31.2 Å². The number of aryl methyl sites for hydroxylation is 1. The molecule has 0 aliphatic carbocycles. The van der Waals surface area contributed by atoms with E-state index in [0.717, 1.165) is 16.7 Å². The quantitative estimate of drug-likeness (QED) is 0.659. The predicted molar refractivity (Wildman–Crippen MR) is 83.0 cm³/mol. The van der Waals surface area contributed by atoms with Crippen molar-refractivity contribution in [1.29, 1.82) is 0 Å². The van der Waals surface area contributed by atoms with E-state index in [4.69, 9.17) is 4.84 Å². The fraction of sp³-hybridized carbons (Fsp3) is 0.176. The summed E-state index contributed by atoms with van der Waals surface area (Å²) in [5, 5.41) is 6.44. The molecule has 2 aromatic rings. The first-order valence-electron chi connectivity index (χ1n) is 6.87. The van der Waals surface area contributed by atoms with Crippen LogP contribution in [0.1, 0.15) is 16.7 Å². The summed E-state index contributed by atoms with van der Waals surface area (Å²) in [7, 11) is 0. The Hall–Kier alpha value is -2.69. The number of carbonyl (C=O) groups is 1. The summed E-state index contributed by atoms with van der Waals surface area (Å²) in [6.45, 7) is 2.13. The summed E-state index contributed by atoms with van der Waals surface area (Å²) >= 11 is 0. The van der Waals surface area contributed by atoms with Crippen LogP contribution in [0, 0.1) is 12.7 Å². The van der Waals surface area contributed by atoms with Gasteiger partial charge in [0, 0.05) is 6.54 Å². The number of amides is 1. The van der Waals surface area contributed by atoms with E-state index in [0.29, 0.717) is 6.54 Å². The number of hydrogen-bond acceptors (Lipinski definition) is 3. The molecule has 0 aromatic heterocycles. The van der Waals surface area contributed by atoms with Crippen LogP contribution in [0.4, 0.5) is 4.39 Å². The molecule has 0 bridgehead atoms. The molecule has 1 N–H and O–H groups in total. The number of rotatable bonds is 6. The van der Waals surface area contributed by atoms with Gasteiger partial charge in [-0.2, -0.15) is 0 Å². The third-order valence-corrected chi connectivity index (χ3v) is 3.05. The Labute approximate surface area is 128 Å². The van der Waals surface area contributed by atoms with Gasteiger partial charge < -0.3 is 10.2 Å². The Morgan fingerprint density at radius 1 is 1.23 bits per heavy atom. The zero-order valence-electron chi connectivity index (χ0n) is 12.3. The van der Waals surface area contributed by atoms with Gasteiger partial charge in [-0.1, -0.05) is 41.6 Å². The molecule has 2 aromatic carbocycles. The van der Waals surface area contributed by atoms with Crippen molar-refractivity contribution in [3.05, 3.63) is 71.0 Å². The third kappa shape index (κ3) is 5.01. The molecule has 0 aliphatic heterocycles. The van der Waals surface area contributed by atoms with Gasteiger partial charge in [0.25, 0.3) is 5.91 Å². The number of nitrogens with one attached hydrogen (secondary N) is 1. The zero-order valence-corrected chi connectivity index (χ0v) is 12.3. The molecule has 0 saturated heterocycles. The van der Waals surface area contributed by atoms with Gasteiger partial charge in [0.15, 0.2) is 6.61 Å². The molecule has 0 aliphatic rings. The zero-order chi connectivity index (χ0) is 15.8. The van der Waals surface area contributed by atoms with E-state index in [-0.39, 0.29) is 18.3 Å². The van der Waals surface area contributed by atoms with Crippen LogP contribution >= 0.6 is 0 Å². The van der Waals surface area contributed by atoms with Crippen LogP contribution in [0.5, 0.6) is 0 Å². The fourth-order valence-corrected chi connectivity index (χ4v) is 1.78. The second kappa shape index (κ2) is 7.93. The van der Waals surface area contributed by atoms with Gasteiger partial charge in [-0.25, -0.2) is 4.39 Å². The SMILES string of the molecule is Cc1ccccc1/C=N\OCC(=O)NCc1ccc(F)cc1. The van der Waals surface area contributed by atoms with E-state index in [2.05, 4.69) is 10.5 Å². The molecule has 2 rings (SSSR count). The minimum atomic E-state index is -0.302. The number of halogens is 1. The normalized spacial score (nSPS) is 10.6. The number of hydrogen-bond donors (Lipinski definition) is 1. The lowest BCUT2D eigenvalue weighted by molar-refractivity contribution is -0.125. The van der Waals surface area contributed by atoms with Crippen molar-refractivity contribution in [2.75, 3.05) is 6.61 Å². The van der Waals surface area contributed by atoms with Crippen LogP contribution in [0.25, 0.3) is 0 Å². The van der Waals surface area contributed by atoms with E-state index < -0.39 is 0 Å². The van der Waals surface area contributed by atoms with Gasteiger partial charge in [-0.05, 0) is 35.7 Å². The molecule has 0 fully saturated rings. The molecular weight excluding hydrogens is 283 g/mol. The second-order valence-electron chi connectivity index (χ2n) is 4.77. The maximum Gasteiger partial charge on any atom is 0.261 e. The number of carbonyl (C=O) groups excluding carboxylic acids is 1.